The molecule has 2 heterocycles. The van der Waals surface area contributed by atoms with E-state index in [1.165, 1.54) is 21.9 Å². The molecule has 236 valence electrons. The predicted molar refractivity (Wildman–Crippen MR) is 207 cm³/mol. The van der Waals surface area contributed by atoms with Crippen molar-refractivity contribution in [3.63, 3.8) is 0 Å². The van der Waals surface area contributed by atoms with Crippen molar-refractivity contribution in [3.05, 3.63) is 182 Å². The first-order chi connectivity index (χ1) is 24.7. The molecule has 0 saturated carbocycles. The van der Waals surface area contributed by atoms with Gasteiger partial charge in [-0.25, -0.2) is 9.97 Å². The average Bonchev–Trinajstić information content (AvgIpc) is 3.57. The van der Waals surface area contributed by atoms with Crippen molar-refractivity contribution >= 4 is 21.9 Å². The van der Waals surface area contributed by atoms with Crippen LogP contribution in [0.4, 0.5) is 0 Å². The highest BCUT2D eigenvalue weighted by atomic mass is 16.3. The lowest BCUT2D eigenvalue weighted by Gasteiger charge is -2.16. The van der Waals surface area contributed by atoms with Crippen molar-refractivity contribution in [1.82, 2.24) is 9.97 Å². The number of oxazole rings is 1. The highest BCUT2D eigenvalue weighted by Crippen LogP contribution is 2.41. The molecule has 0 aliphatic heterocycles. The summed E-state index contributed by atoms with van der Waals surface area (Å²) in [4.78, 5) is 9.69. The molecular weight excluding hydrogens is 609 g/mol. The fourth-order valence-corrected chi connectivity index (χ4v) is 6.98. The van der Waals surface area contributed by atoms with Crippen molar-refractivity contribution in [2.75, 3.05) is 0 Å². The molecule has 9 aromatic rings. The van der Waals surface area contributed by atoms with Crippen LogP contribution in [0.2, 0.25) is 0 Å². The summed E-state index contributed by atoms with van der Waals surface area (Å²) in [6.07, 6.45) is 0. The highest BCUT2D eigenvalue weighted by Gasteiger charge is 2.15. The van der Waals surface area contributed by atoms with Crippen LogP contribution < -0.4 is 0 Å². The summed E-state index contributed by atoms with van der Waals surface area (Å²) in [6.45, 7) is 1.89. The van der Waals surface area contributed by atoms with E-state index in [9.17, 15) is 0 Å². The van der Waals surface area contributed by atoms with E-state index in [0.29, 0.717) is 5.89 Å². The summed E-state index contributed by atoms with van der Waals surface area (Å²) in [5, 5.41) is 2.43. The Morgan fingerprint density at radius 3 is 1.72 bits per heavy atom. The maximum absolute atomic E-state index is 5.75. The van der Waals surface area contributed by atoms with Gasteiger partial charge >= 0.3 is 0 Å². The zero-order valence-corrected chi connectivity index (χ0v) is 27.5. The first kappa shape index (κ1) is 29.6. The van der Waals surface area contributed by atoms with Crippen LogP contribution in [-0.4, -0.2) is 9.97 Å². The van der Waals surface area contributed by atoms with Gasteiger partial charge in [-0.2, -0.15) is 0 Å². The van der Waals surface area contributed by atoms with Crippen LogP contribution in [0.3, 0.4) is 0 Å². The van der Waals surface area contributed by atoms with Crippen molar-refractivity contribution < 1.29 is 4.42 Å². The molecule has 3 nitrogen and oxygen atoms in total. The number of hydrogen-bond acceptors (Lipinski definition) is 3. The first-order valence-electron chi connectivity index (χ1n) is 16.9. The minimum Gasteiger partial charge on any atom is -0.441 e. The second-order valence-corrected chi connectivity index (χ2v) is 12.6. The smallest absolute Gasteiger partial charge is 0.192 e. The van der Waals surface area contributed by atoms with Crippen LogP contribution in [0.5, 0.6) is 0 Å². The molecule has 7 aromatic carbocycles. The molecule has 50 heavy (non-hydrogen) atoms. The van der Waals surface area contributed by atoms with E-state index < -0.39 is 0 Å². The number of aromatic nitrogens is 2. The van der Waals surface area contributed by atoms with E-state index in [-0.39, 0.29) is 0 Å². The van der Waals surface area contributed by atoms with Crippen molar-refractivity contribution in [3.8, 4) is 67.0 Å². The van der Waals surface area contributed by atoms with Gasteiger partial charge in [0.2, 0.25) is 0 Å². The summed E-state index contributed by atoms with van der Waals surface area (Å²) in [6, 6.07) is 62.4. The van der Waals surface area contributed by atoms with Gasteiger partial charge < -0.3 is 4.42 Å². The molecule has 0 aliphatic rings. The van der Waals surface area contributed by atoms with E-state index in [1.54, 1.807) is 0 Å². The molecule has 0 aliphatic carbocycles. The van der Waals surface area contributed by atoms with E-state index in [0.717, 1.165) is 67.0 Å². The van der Waals surface area contributed by atoms with E-state index in [1.807, 2.05) is 25.1 Å². The van der Waals surface area contributed by atoms with Gasteiger partial charge in [0.25, 0.3) is 0 Å². The fraction of sp³-hybridized carbons (Fsp3) is 0.0213. The molecule has 3 heteroatoms. The Hall–Kier alpha value is -6.58. The summed E-state index contributed by atoms with van der Waals surface area (Å²) in [7, 11) is 0. The van der Waals surface area contributed by atoms with Gasteiger partial charge in [-0.05, 0) is 91.7 Å². The lowest BCUT2D eigenvalue weighted by molar-refractivity contribution is 0.561. The summed E-state index contributed by atoms with van der Waals surface area (Å²) < 4.78 is 5.75. The number of rotatable bonds is 6. The molecule has 0 unspecified atom stereocenters. The third kappa shape index (κ3) is 5.55. The SMILES string of the molecule is Cc1nc2cc(-c3cccc(-c4c(-c5cccc(-c6cc(-c7ccccc7)nc(-c7ccccc7)c6)c5)ccc5ccccc45)c3)ccc2o1. The zero-order valence-electron chi connectivity index (χ0n) is 27.5. The minimum absolute atomic E-state index is 0.674. The highest BCUT2D eigenvalue weighted by molar-refractivity contribution is 6.05. The van der Waals surface area contributed by atoms with Gasteiger partial charge in [-0.3, -0.25) is 0 Å². The van der Waals surface area contributed by atoms with Crippen molar-refractivity contribution in [1.29, 1.82) is 0 Å². The van der Waals surface area contributed by atoms with Gasteiger partial charge in [0.15, 0.2) is 11.5 Å². The quantitative estimate of drug-likeness (QED) is 0.182. The van der Waals surface area contributed by atoms with Crippen molar-refractivity contribution in [2.24, 2.45) is 0 Å². The minimum atomic E-state index is 0.674. The van der Waals surface area contributed by atoms with E-state index >= 15 is 0 Å². The molecule has 0 fully saturated rings. The Labute approximate surface area is 291 Å². The maximum atomic E-state index is 5.75. The second-order valence-electron chi connectivity index (χ2n) is 12.6. The molecule has 0 N–H and O–H groups in total. The molecule has 2 aromatic heterocycles. The van der Waals surface area contributed by atoms with Crippen LogP contribution in [0.25, 0.3) is 88.9 Å². The Balaban J connectivity index is 1.20. The molecular formula is C47H32N2O. The molecule has 0 amide bonds. The Morgan fingerprint density at radius 2 is 0.980 bits per heavy atom. The van der Waals surface area contributed by atoms with Gasteiger partial charge in [0, 0.05) is 18.1 Å². The lowest BCUT2D eigenvalue weighted by atomic mass is 9.87. The number of nitrogens with zero attached hydrogens (tertiary/aromatic N) is 2. The zero-order chi connectivity index (χ0) is 33.4. The van der Waals surface area contributed by atoms with Gasteiger partial charge in [-0.1, -0.05) is 140 Å². The number of pyridine rings is 1. The van der Waals surface area contributed by atoms with Gasteiger partial charge in [0.1, 0.15) is 5.52 Å². The Morgan fingerprint density at radius 1 is 0.400 bits per heavy atom. The Kier molecular flexibility index (Phi) is 7.37. The standard InChI is InChI=1S/C47H32N2O/c1-31-48-45-28-37(23-25-46(45)50-31)35-17-11-20-39(27-35)47-41-21-9-8-12-32(41)22-24-42(47)38-19-10-18-36(26-38)40-29-43(33-13-4-2-5-14-33)49-44(30-40)34-15-6-3-7-16-34/h2-30H,1H3. The van der Waals surface area contributed by atoms with E-state index in [2.05, 4.69) is 163 Å². The third-order valence-electron chi connectivity index (χ3n) is 9.38. The number of benzene rings is 7. The predicted octanol–water partition coefficient (Wildman–Crippen LogP) is 12.7. The molecule has 0 radical (unpaired) electrons. The monoisotopic (exact) mass is 640 g/mol. The fourth-order valence-electron chi connectivity index (χ4n) is 6.98. The largest absolute Gasteiger partial charge is 0.441 e. The van der Waals surface area contributed by atoms with Gasteiger partial charge in [-0.15, -0.1) is 0 Å². The number of fused-ring (bicyclic) bond motifs is 2. The summed E-state index contributed by atoms with van der Waals surface area (Å²) in [5.74, 6) is 0.674. The topological polar surface area (TPSA) is 38.9 Å². The first-order valence-corrected chi connectivity index (χ1v) is 16.9. The Bertz CT molecular complexity index is 2600. The number of hydrogen-bond donors (Lipinski definition) is 0. The van der Waals surface area contributed by atoms with E-state index in [4.69, 9.17) is 9.40 Å². The van der Waals surface area contributed by atoms with Crippen LogP contribution in [0.1, 0.15) is 5.89 Å². The van der Waals surface area contributed by atoms with Gasteiger partial charge in [0.05, 0.1) is 11.4 Å². The third-order valence-corrected chi connectivity index (χ3v) is 9.38. The molecule has 9 rings (SSSR count). The van der Waals surface area contributed by atoms with Crippen LogP contribution in [-0.2, 0) is 0 Å². The van der Waals surface area contributed by atoms with Crippen molar-refractivity contribution in [2.45, 2.75) is 6.92 Å². The summed E-state index contributed by atoms with van der Waals surface area (Å²) >= 11 is 0. The lowest BCUT2D eigenvalue weighted by Crippen LogP contribution is -1.92. The summed E-state index contributed by atoms with van der Waals surface area (Å²) in [5.41, 5.74) is 15.0. The molecule has 0 bridgehead atoms. The molecule has 0 saturated heterocycles. The van der Waals surface area contributed by atoms with Crippen LogP contribution >= 0.6 is 0 Å². The maximum Gasteiger partial charge on any atom is 0.192 e. The number of aryl methyl sites for hydroxylation is 1. The van der Waals surface area contributed by atoms with Crippen LogP contribution in [0.15, 0.2) is 180 Å². The average molecular weight is 641 g/mol. The molecule has 0 atom stereocenters. The second kappa shape index (κ2) is 12.5. The normalized spacial score (nSPS) is 11.3. The van der Waals surface area contributed by atoms with Crippen LogP contribution in [0, 0.1) is 6.92 Å². The molecule has 0 spiro atoms.